The zero-order valence-corrected chi connectivity index (χ0v) is 16.1. The molecule has 1 aliphatic rings. The Morgan fingerprint density at radius 3 is 2.46 bits per heavy atom. The minimum atomic E-state index is -0.449. The molecule has 3 rings (SSSR count). The predicted octanol–water partition coefficient (Wildman–Crippen LogP) is 3.95. The van der Waals surface area contributed by atoms with E-state index in [-0.39, 0.29) is 18.1 Å². The van der Waals surface area contributed by atoms with Gasteiger partial charge in [-0.1, -0.05) is 12.1 Å². The lowest BCUT2D eigenvalue weighted by Gasteiger charge is -2.10. The Morgan fingerprint density at radius 1 is 1.04 bits per heavy atom. The lowest BCUT2D eigenvalue weighted by molar-refractivity contribution is -0.145. The lowest BCUT2D eigenvalue weighted by atomic mass is 10.1. The highest BCUT2D eigenvalue weighted by Gasteiger charge is 2.30. The second-order valence-corrected chi connectivity index (χ2v) is 6.10. The van der Waals surface area contributed by atoms with Crippen molar-refractivity contribution in [3.8, 4) is 17.2 Å². The smallest absolute Gasteiger partial charge is 0.344 e. The largest absolute Gasteiger partial charge is 0.494 e. The molecule has 0 unspecified atom stereocenters. The zero-order valence-electron chi connectivity index (χ0n) is 16.1. The third kappa shape index (κ3) is 4.17. The predicted molar refractivity (Wildman–Crippen MR) is 104 cm³/mol. The van der Waals surface area contributed by atoms with Gasteiger partial charge in [0, 0.05) is 5.56 Å². The first kappa shape index (κ1) is 19.5. The number of rotatable bonds is 7. The van der Waals surface area contributed by atoms with Gasteiger partial charge in [0.25, 0.3) is 0 Å². The van der Waals surface area contributed by atoms with Crippen LogP contribution in [0.15, 0.2) is 42.2 Å². The first-order chi connectivity index (χ1) is 13.5. The Balaban J connectivity index is 1.78. The second kappa shape index (κ2) is 8.61. The van der Waals surface area contributed by atoms with Gasteiger partial charge >= 0.3 is 5.97 Å². The van der Waals surface area contributed by atoms with Crippen LogP contribution in [0.4, 0.5) is 0 Å². The summed E-state index contributed by atoms with van der Waals surface area (Å²) < 4.78 is 21.6. The summed E-state index contributed by atoms with van der Waals surface area (Å²) in [6.07, 6.45) is 1.69. The van der Waals surface area contributed by atoms with Crippen molar-refractivity contribution in [1.29, 1.82) is 0 Å². The standard InChI is InChI=1S/C22H22O6/c1-4-25-16-8-6-15(7-9-16)12-19-21(24)17-10-11-18(14(3)22(17)28-19)27-13-20(23)26-5-2/h6-12H,4-5,13H2,1-3H3/b19-12-. The van der Waals surface area contributed by atoms with E-state index in [1.165, 1.54) is 0 Å². The second-order valence-electron chi connectivity index (χ2n) is 6.10. The Bertz CT molecular complexity index is 911. The highest BCUT2D eigenvalue weighted by atomic mass is 16.6. The van der Waals surface area contributed by atoms with Gasteiger partial charge in [-0.3, -0.25) is 4.79 Å². The molecule has 0 bridgehead atoms. The van der Waals surface area contributed by atoms with Gasteiger partial charge in [0.15, 0.2) is 12.4 Å². The van der Waals surface area contributed by atoms with E-state index < -0.39 is 5.97 Å². The fraction of sp³-hybridized carbons (Fsp3) is 0.273. The molecule has 0 amide bonds. The Hall–Kier alpha value is -3.28. The molecule has 146 valence electrons. The van der Waals surface area contributed by atoms with E-state index in [0.29, 0.717) is 35.8 Å². The number of ketones is 1. The number of hydrogen-bond acceptors (Lipinski definition) is 6. The molecule has 0 saturated carbocycles. The van der Waals surface area contributed by atoms with E-state index in [1.807, 2.05) is 31.2 Å². The van der Waals surface area contributed by atoms with E-state index in [4.69, 9.17) is 18.9 Å². The summed E-state index contributed by atoms with van der Waals surface area (Å²) in [6.45, 7) is 6.13. The normalized spacial score (nSPS) is 13.8. The number of carbonyl (C=O) groups excluding carboxylic acids is 2. The molecule has 0 radical (unpaired) electrons. The Kier molecular flexibility index (Phi) is 5.99. The Morgan fingerprint density at radius 2 is 1.79 bits per heavy atom. The first-order valence-electron chi connectivity index (χ1n) is 9.12. The number of hydrogen-bond donors (Lipinski definition) is 0. The van der Waals surface area contributed by atoms with Gasteiger partial charge in [-0.15, -0.1) is 0 Å². The summed E-state index contributed by atoms with van der Waals surface area (Å²) >= 11 is 0. The van der Waals surface area contributed by atoms with Crippen LogP contribution in [0.25, 0.3) is 6.08 Å². The summed E-state index contributed by atoms with van der Waals surface area (Å²) in [7, 11) is 0. The highest BCUT2D eigenvalue weighted by Crippen LogP contribution is 2.39. The van der Waals surface area contributed by atoms with Crippen LogP contribution in [0.3, 0.4) is 0 Å². The van der Waals surface area contributed by atoms with Gasteiger partial charge in [0.05, 0.1) is 18.8 Å². The third-order valence-corrected chi connectivity index (χ3v) is 4.18. The maximum Gasteiger partial charge on any atom is 0.344 e. The van der Waals surface area contributed by atoms with Crippen molar-refractivity contribution in [3.05, 3.63) is 58.8 Å². The number of carbonyl (C=O) groups is 2. The molecule has 0 aliphatic carbocycles. The number of allylic oxidation sites excluding steroid dienone is 1. The van der Waals surface area contributed by atoms with Crippen LogP contribution in [0.1, 0.15) is 35.3 Å². The average molecular weight is 382 g/mol. The van der Waals surface area contributed by atoms with Gasteiger partial charge in [-0.25, -0.2) is 4.79 Å². The van der Waals surface area contributed by atoms with Gasteiger partial charge in [-0.2, -0.15) is 0 Å². The summed E-state index contributed by atoms with van der Waals surface area (Å²) in [4.78, 5) is 24.1. The Labute approximate surface area is 163 Å². The molecule has 0 fully saturated rings. The summed E-state index contributed by atoms with van der Waals surface area (Å²) in [5, 5.41) is 0. The van der Waals surface area contributed by atoms with E-state index in [1.54, 1.807) is 32.1 Å². The van der Waals surface area contributed by atoms with E-state index in [2.05, 4.69) is 0 Å². The molecule has 1 heterocycles. The molecule has 2 aromatic rings. The van der Waals surface area contributed by atoms with Crippen molar-refractivity contribution in [1.82, 2.24) is 0 Å². The molecule has 0 spiro atoms. The highest BCUT2D eigenvalue weighted by molar-refractivity contribution is 6.15. The monoisotopic (exact) mass is 382 g/mol. The molecule has 6 heteroatoms. The summed E-state index contributed by atoms with van der Waals surface area (Å²) in [6, 6.07) is 10.7. The minimum absolute atomic E-state index is 0.191. The summed E-state index contributed by atoms with van der Waals surface area (Å²) in [5.41, 5.74) is 1.96. The SMILES string of the molecule is CCOC(=O)COc1ccc2c(c1C)O/C(=C\c1ccc(OCC)cc1)C2=O. The van der Waals surface area contributed by atoms with Crippen molar-refractivity contribution in [2.45, 2.75) is 20.8 Å². The average Bonchev–Trinajstić information content (AvgIpc) is 3.00. The van der Waals surface area contributed by atoms with E-state index in [0.717, 1.165) is 11.3 Å². The van der Waals surface area contributed by atoms with Crippen LogP contribution in [0.5, 0.6) is 17.2 Å². The van der Waals surface area contributed by atoms with E-state index in [9.17, 15) is 9.59 Å². The van der Waals surface area contributed by atoms with Gasteiger partial charge < -0.3 is 18.9 Å². The maximum atomic E-state index is 12.7. The topological polar surface area (TPSA) is 71.1 Å². The number of ether oxygens (including phenoxy) is 4. The lowest BCUT2D eigenvalue weighted by Crippen LogP contribution is -2.15. The first-order valence-corrected chi connectivity index (χ1v) is 9.12. The van der Waals surface area contributed by atoms with Crippen LogP contribution < -0.4 is 14.2 Å². The van der Waals surface area contributed by atoms with Crippen LogP contribution in [-0.4, -0.2) is 31.6 Å². The van der Waals surface area contributed by atoms with Gasteiger partial charge in [-0.05, 0) is 56.7 Å². The quantitative estimate of drug-likeness (QED) is 0.533. The molecular weight excluding hydrogens is 360 g/mol. The van der Waals surface area contributed by atoms with Crippen molar-refractivity contribution < 1.29 is 28.5 Å². The summed E-state index contributed by atoms with van der Waals surface area (Å²) in [5.74, 6) is 1.29. The maximum absolute atomic E-state index is 12.7. The molecule has 1 aliphatic heterocycles. The number of fused-ring (bicyclic) bond motifs is 1. The molecule has 0 N–H and O–H groups in total. The van der Waals surface area contributed by atoms with Crippen molar-refractivity contribution in [2.75, 3.05) is 19.8 Å². The molecule has 0 saturated heterocycles. The molecule has 0 aromatic heterocycles. The third-order valence-electron chi connectivity index (χ3n) is 4.18. The molecule has 28 heavy (non-hydrogen) atoms. The van der Waals surface area contributed by atoms with Crippen LogP contribution in [0, 0.1) is 6.92 Å². The van der Waals surface area contributed by atoms with E-state index >= 15 is 0 Å². The van der Waals surface area contributed by atoms with Crippen LogP contribution in [-0.2, 0) is 9.53 Å². The fourth-order valence-electron chi connectivity index (χ4n) is 2.84. The van der Waals surface area contributed by atoms with Crippen LogP contribution >= 0.6 is 0 Å². The fourth-order valence-corrected chi connectivity index (χ4v) is 2.84. The van der Waals surface area contributed by atoms with Crippen molar-refractivity contribution in [3.63, 3.8) is 0 Å². The number of Topliss-reactive ketones (excluding diaryl/α,β-unsaturated/α-hetero) is 1. The van der Waals surface area contributed by atoms with Crippen molar-refractivity contribution in [2.24, 2.45) is 0 Å². The van der Waals surface area contributed by atoms with Gasteiger partial charge in [0.1, 0.15) is 17.2 Å². The zero-order chi connectivity index (χ0) is 20.1. The minimum Gasteiger partial charge on any atom is -0.494 e. The molecule has 2 aromatic carbocycles. The molecule has 6 nitrogen and oxygen atoms in total. The number of esters is 1. The van der Waals surface area contributed by atoms with Gasteiger partial charge in [0.2, 0.25) is 5.78 Å². The molecular formula is C22H22O6. The molecule has 0 atom stereocenters. The number of benzene rings is 2. The van der Waals surface area contributed by atoms with Crippen molar-refractivity contribution >= 4 is 17.8 Å². The van der Waals surface area contributed by atoms with Crippen LogP contribution in [0.2, 0.25) is 0 Å².